The maximum atomic E-state index is 12.8. The second-order valence-electron chi connectivity index (χ2n) is 7.44. The van der Waals surface area contributed by atoms with Gasteiger partial charge < -0.3 is 10.0 Å². The van der Waals surface area contributed by atoms with Crippen LogP contribution in [0.5, 0.6) is 0 Å². The number of sulfonamides is 1. The van der Waals surface area contributed by atoms with Gasteiger partial charge in [-0.2, -0.15) is 0 Å². The fourth-order valence-electron chi connectivity index (χ4n) is 3.89. The fourth-order valence-corrected chi connectivity index (χ4v) is 4.86. The lowest BCUT2D eigenvalue weighted by Gasteiger charge is -2.36. The van der Waals surface area contributed by atoms with E-state index in [2.05, 4.69) is 0 Å². The lowest BCUT2D eigenvalue weighted by atomic mass is 9.91. The summed E-state index contributed by atoms with van der Waals surface area (Å²) in [6, 6.07) is 3.58. The molecule has 1 saturated carbocycles. The number of aryl methyl sites for hydroxylation is 3. The highest BCUT2D eigenvalue weighted by Gasteiger charge is 2.32. The van der Waals surface area contributed by atoms with Gasteiger partial charge >= 0.3 is 0 Å². The number of anilines is 1. The Balaban J connectivity index is 2.31. The third-order valence-corrected chi connectivity index (χ3v) is 6.26. The van der Waals surface area contributed by atoms with Crippen LogP contribution in [0.25, 0.3) is 0 Å². The number of aliphatic hydroxyl groups is 1. The Kier molecular flexibility index (Phi) is 6.34. The van der Waals surface area contributed by atoms with Gasteiger partial charge in [0, 0.05) is 7.05 Å². The molecule has 0 aromatic heterocycles. The molecule has 6 nitrogen and oxygen atoms in total. The van der Waals surface area contributed by atoms with Crippen LogP contribution in [-0.4, -0.2) is 56.3 Å². The third-order valence-electron chi connectivity index (χ3n) is 5.15. The molecule has 7 heteroatoms. The van der Waals surface area contributed by atoms with Gasteiger partial charge in [0.05, 0.1) is 24.1 Å². The number of carbonyl (C=O) groups is 1. The molecular weight excluding hydrogens is 352 g/mol. The third kappa shape index (κ3) is 4.57. The van der Waals surface area contributed by atoms with Crippen molar-refractivity contribution >= 4 is 21.6 Å². The zero-order chi connectivity index (χ0) is 19.6. The topological polar surface area (TPSA) is 77.9 Å². The van der Waals surface area contributed by atoms with Gasteiger partial charge in [0.15, 0.2) is 0 Å². The maximum Gasteiger partial charge on any atom is 0.243 e. The van der Waals surface area contributed by atoms with E-state index in [0.29, 0.717) is 12.1 Å². The van der Waals surface area contributed by atoms with Crippen molar-refractivity contribution in [1.82, 2.24) is 4.90 Å². The molecule has 2 atom stereocenters. The molecule has 1 N–H and O–H groups in total. The molecule has 0 bridgehead atoms. The number of nitrogens with zero attached hydrogens (tertiary/aromatic N) is 2. The molecule has 1 aliphatic rings. The maximum absolute atomic E-state index is 12.8. The largest absolute Gasteiger partial charge is 0.391 e. The second kappa shape index (κ2) is 7.96. The minimum Gasteiger partial charge on any atom is -0.391 e. The Labute approximate surface area is 156 Å². The van der Waals surface area contributed by atoms with E-state index < -0.39 is 16.1 Å². The molecule has 0 aliphatic heterocycles. The van der Waals surface area contributed by atoms with Gasteiger partial charge in [-0.05, 0) is 44.7 Å². The molecule has 2 unspecified atom stereocenters. The van der Waals surface area contributed by atoms with Gasteiger partial charge in [-0.3, -0.25) is 9.10 Å². The lowest BCUT2D eigenvalue weighted by molar-refractivity contribution is -0.133. The summed E-state index contributed by atoms with van der Waals surface area (Å²) in [4.78, 5) is 14.3. The molecular formula is C19H30N2O4S. The Morgan fingerprint density at radius 2 is 1.69 bits per heavy atom. The SMILES string of the molecule is Cc1cc(C)c(N(CC(=O)N(C)C2CCCCC2O)S(C)(=O)=O)c(C)c1. The Bertz CT molecular complexity index is 753. The zero-order valence-electron chi connectivity index (χ0n) is 16.3. The van der Waals surface area contributed by atoms with Gasteiger partial charge in [0.2, 0.25) is 15.9 Å². The second-order valence-corrected chi connectivity index (χ2v) is 9.35. The first-order valence-corrected chi connectivity index (χ1v) is 10.9. The number of aliphatic hydroxyl groups excluding tert-OH is 1. The van der Waals surface area contributed by atoms with Crippen LogP contribution in [0.4, 0.5) is 5.69 Å². The van der Waals surface area contributed by atoms with Gasteiger partial charge in [-0.25, -0.2) is 8.42 Å². The molecule has 1 aliphatic carbocycles. The van der Waals surface area contributed by atoms with E-state index in [9.17, 15) is 18.3 Å². The highest BCUT2D eigenvalue weighted by atomic mass is 32.2. The number of carbonyl (C=O) groups excluding carboxylic acids is 1. The highest BCUT2D eigenvalue weighted by Crippen LogP contribution is 2.29. The van der Waals surface area contributed by atoms with Gasteiger partial charge in [-0.1, -0.05) is 30.5 Å². The smallest absolute Gasteiger partial charge is 0.243 e. The van der Waals surface area contributed by atoms with Crippen molar-refractivity contribution < 1.29 is 18.3 Å². The first-order chi connectivity index (χ1) is 12.0. The van der Waals surface area contributed by atoms with E-state index in [4.69, 9.17) is 0 Å². The normalized spacial score (nSPS) is 20.7. The minimum atomic E-state index is -3.63. The molecule has 0 saturated heterocycles. The molecule has 0 radical (unpaired) electrons. The van der Waals surface area contributed by atoms with Crippen LogP contribution in [0.2, 0.25) is 0 Å². The molecule has 146 valence electrons. The van der Waals surface area contributed by atoms with E-state index >= 15 is 0 Å². The molecule has 0 heterocycles. The summed E-state index contributed by atoms with van der Waals surface area (Å²) in [5.74, 6) is -0.305. The van der Waals surface area contributed by atoms with Gasteiger partial charge in [0.1, 0.15) is 6.54 Å². The number of amides is 1. The summed E-state index contributed by atoms with van der Waals surface area (Å²) in [6.07, 6.45) is 3.91. The summed E-state index contributed by atoms with van der Waals surface area (Å²) in [5, 5.41) is 10.2. The monoisotopic (exact) mass is 382 g/mol. The summed E-state index contributed by atoms with van der Waals surface area (Å²) >= 11 is 0. The van der Waals surface area contributed by atoms with Gasteiger partial charge in [-0.15, -0.1) is 0 Å². The van der Waals surface area contributed by atoms with Crippen molar-refractivity contribution in [2.45, 2.75) is 58.6 Å². The number of benzene rings is 1. The van der Waals surface area contributed by atoms with Crippen LogP contribution in [0, 0.1) is 20.8 Å². The molecule has 0 spiro atoms. The first-order valence-electron chi connectivity index (χ1n) is 9.01. The van der Waals surface area contributed by atoms with E-state index in [-0.39, 0.29) is 18.5 Å². The summed E-state index contributed by atoms with van der Waals surface area (Å²) in [5.41, 5.74) is 3.25. The van der Waals surface area contributed by atoms with Crippen molar-refractivity contribution in [3.05, 3.63) is 28.8 Å². The summed E-state index contributed by atoms with van der Waals surface area (Å²) < 4.78 is 26.0. The Morgan fingerprint density at radius 1 is 1.15 bits per heavy atom. The number of likely N-dealkylation sites (N-methyl/N-ethyl adjacent to an activating group) is 1. The zero-order valence-corrected chi connectivity index (χ0v) is 17.1. The lowest BCUT2D eigenvalue weighted by Crippen LogP contribution is -2.50. The number of rotatable bonds is 5. The number of hydrogen-bond donors (Lipinski definition) is 1. The Hall–Kier alpha value is -1.60. The van der Waals surface area contributed by atoms with E-state index in [1.165, 1.54) is 9.21 Å². The summed E-state index contributed by atoms with van der Waals surface area (Å²) in [6.45, 7) is 5.40. The number of hydrogen-bond acceptors (Lipinski definition) is 4. The quantitative estimate of drug-likeness (QED) is 0.846. The van der Waals surface area contributed by atoms with Crippen LogP contribution in [-0.2, 0) is 14.8 Å². The molecule has 2 rings (SSSR count). The Morgan fingerprint density at radius 3 is 2.19 bits per heavy atom. The molecule has 1 aromatic carbocycles. The fraction of sp³-hybridized carbons (Fsp3) is 0.632. The molecule has 26 heavy (non-hydrogen) atoms. The molecule has 1 fully saturated rings. The average Bonchev–Trinajstić information content (AvgIpc) is 2.51. The van der Waals surface area contributed by atoms with Crippen molar-refractivity contribution in [2.75, 3.05) is 24.2 Å². The predicted molar refractivity (Wildman–Crippen MR) is 104 cm³/mol. The predicted octanol–water partition coefficient (Wildman–Crippen LogP) is 2.14. The van der Waals surface area contributed by atoms with Crippen molar-refractivity contribution in [2.24, 2.45) is 0 Å². The average molecular weight is 383 g/mol. The van der Waals surface area contributed by atoms with E-state index in [1.54, 1.807) is 7.05 Å². The highest BCUT2D eigenvalue weighted by molar-refractivity contribution is 7.92. The van der Waals surface area contributed by atoms with Gasteiger partial charge in [0.25, 0.3) is 0 Å². The summed E-state index contributed by atoms with van der Waals surface area (Å²) in [7, 11) is -1.98. The van der Waals surface area contributed by atoms with Crippen molar-refractivity contribution in [3.63, 3.8) is 0 Å². The first kappa shape index (κ1) is 20.7. The molecule has 1 amide bonds. The minimum absolute atomic E-state index is 0.252. The van der Waals surface area contributed by atoms with Crippen molar-refractivity contribution in [1.29, 1.82) is 0 Å². The van der Waals surface area contributed by atoms with Crippen LogP contribution in [0.3, 0.4) is 0 Å². The van der Waals surface area contributed by atoms with Crippen LogP contribution in [0.1, 0.15) is 42.4 Å². The van der Waals surface area contributed by atoms with Crippen LogP contribution in [0.15, 0.2) is 12.1 Å². The molecule has 1 aromatic rings. The van der Waals surface area contributed by atoms with Crippen molar-refractivity contribution in [3.8, 4) is 0 Å². The van der Waals surface area contributed by atoms with Crippen LogP contribution >= 0.6 is 0 Å². The van der Waals surface area contributed by atoms with E-state index in [0.717, 1.165) is 42.2 Å². The van der Waals surface area contributed by atoms with Crippen LogP contribution < -0.4 is 4.31 Å². The van der Waals surface area contributed by atoms with E-state index in [1.807, 2.05) is 32.9 Å². The standard InChI is InChI=1S/C19H30N2O4S/c1-13-10-14(2)19(15(3)11-13)21(26(5,24)25)12-18(23)20(4)16-8-6-7-9-17(16)22/h10-11,16-17,22H,6-9,12H2,1-5H3.